The first-order valence-electron chi connectivity index (χ1n) is 12.8. The zero-order valence-electron chi connectivity index (χ0n) is 21.1. The number of methoxy groups -OCH3 is 1. The van der Waals surface area contributed by atoms with E-state index in [2.05, 4.69) is 75.3 Å². The molecule has 1 fully saturated rings. The van der Waals surface area contributed by atoms with E-state index >= 15 is 0 Å². The number of rotatable bonds is 10. The van der Waals surface area contributed by atoms with Gasteiger partial charge in [-0.1, -0.05) is 55.8 Å². The summed E-state index contributed by atoms with van der Waals surface area (Å²) in [5.74, 6) is 0.285. The lowest BCUT2D eigenvalue weighted by Crippen LogP contribution is -2.18. The van der Waals surface area contributed by atoms with Crippen molar-refractivity contribution in [1.82, 2.24) is 24.4 Å². The van der Waals surface area contributed by atoms with Gasteiger partial charge >= 0.3 is 6.01 Å². The summed E-state index contributed by atoms with van der Waals surface area (Å²) in [4.78, 5) is 15.9. The minimum Gasteiger partial charge on any atom is -0.468 e. The van der Waals surface area contributed by atoms with Crippen LogP contribution in [0, 0.1) is 0 Å². The van der Waals surface area contributed by atoms with Crippen molar-refractivity contribution in [2.75, 3.05) is 32.5 Å². The molecule has 0 aliphatic carbocycles. The molecule has 5 rings (SSSR count). The summed E-state index contributed by atoms with van der Waals surface area (Å²) in [7, 11) is 1.60. The lowest BCUT2D eigenvalue weighted by Gasteiger charge is -2.15. The summed E-state index contributed by atoms with van der Waals surface area (Å²) < 4.78 is 13.2. The Kier molecular flexibility index (Phi) is 7.32. The van der Waals surface area contributed by atoms with Crippen molar-refractivity contribution in [2.45, 2.75) is 45.7 Å². The first-order valence-corrected chi connectivity index (χ1v) is 12.8. The predicted octanol–water partition coefficient (Wildman–Crippen LogP) is 4.91. The number of likely N-dealkylation sites (tertiary alicyclic amines) is 1. The number of benzene rings is 2. The molecule has 2 N–H and O–H groups in total. The number of anilines is 1. The van der Waals surface area contributed by atoms with Gasteiger partial charge in [0.1, 0.15) is 0 Å². The van der Waals surface area contributed by atoms with E-state index in [9.17, 15) is 0 Å². The lowest BCUT2D eigenvalue weighted by molar-refractivity contribution is 0.286. The first-order chi connectivity index (χ1) is 17.6. The molecule has 3 heterocycles. The van der Waals surface area contributed by atoms with Crippen LogP contribution in [0.15, 0.2) is 48.5 Å². The highest BCUT2D eigenvalue weighted by molar-refractivity contribution is 5.83. The number of fused-ring (bicyclic) bond motifs is 1. The van der Waals surface area contributed by atoms with Crippen LogP contribution in [0.3, 0.4) is 0 Å². The van der Waals surface area contributed by atoms with Gasteiger partial charge in [-0.25, -0.2) is 0 Å². The number of nitrogens with two attached hydrogens (primary N) is 1. The third-order valence-corrected chi connectivity index (χ3v) is 6.64. The van der Waals surface area contributed by atoms with Crippen molar-refractivity contribution in [3.8, 4) is 23.1 Å². The van der Waals surface area contributed by atoms with Gasteiger partial charge < -0.3 is 15.2 Å². The van der Waals surface area contributed by atoms with E-state index in [-0.39, 0.29) is 11.8 Å². The fourth-order valence-corrected chi connectivity index (χ4v) is 4.69. The van der Waals surface area contributed by atoms with Gasteiger partial charge in [-0.3, -0.25) is 9.47 Å². The van der Waals surface area contributed by atoms with Crippen LogP contribution in [0.2, 0.25) is 0 Å². The smallest absolute Gasteiger partial charge is 0.320 e. The molecular weight excluding hydrogens is 452 g/mol. The molecule has 188 valence electrons. The molecule has 0 amide bonds. The van der Waals surface area contributed by atoms with Gasteiger partial charge in [-0.15, -0.1) is 0 Å². The molecule has 0 spiro atoms. The Morgan fingerprint density at radius 1 is 0.917 bits per heavy atom. The highest BCUT2D eigenvalue weighted by atomic mass is 16.5. The third-order valence-electron chi connectivity index (χ3n) is 6.64. The number of aromatic nitrogens is 4. The molecule has 0 atom stereocenters. The maximum atomic E-state index is 6.17. The fraction of sp³-hybridized carbons (Fsp3) is 0.393. The minimum absolute atomic E-state index is 0.265. The van der Waals surface area contributed by atoms with Gasteiger partial charge in [0, 0.05) is 6.54 Å². The number of ether oxygens (including phenoxy) is 2. The molecule has 2 aromatic heterocycles. The van der Waals surface area contributed by atoms with Gasteiger partial charge in [0.05, 0.1) is 20.3 Å². The van der Waals surface area contributed by atoms with E-state index in [0.717, 1.165) is 24.9 Å². The molecule has 1 aliphatic heterocycles. The van der Waals surface area contributed by atoms with E-state index in [1.807, 2.05) is 4.57 Å². The Morgan fingerprint density at radius 3 is 2.47 bits per heavy atom. The van der Waals surface area contributed by atoms with Gasteiger partial charge in [0.25, 0.3) is 6.01 Å². The number of unbranched alkanes of at least 4 members (excludes halogenated alkanes) is 1. The number of nitrogen functional groups attached to an aromatic ring is 1. The fourth-order valence-electron chi connectivity index (χ4n) is 4.69. The summed E-state index contributed by atoms with van der Waals surface area (Å²) >= 11 is 0. The summed E-state index contributed by atoms with van der Waals surface area (Å²) in [6, 6.07) is 18.2. The molecule has 1 aliphatic rings. The predicted molar refractivity (Wildman–Crippen MR) is 142 cm³/mol. The Balaban J connectivity index is 1.37. The van der Waals surface area contributed by atoms with Crippen LogP contribution in [0.1, 0.15) is 43.7 Å². The normalized spacial score (nSPS) is 13.9. The molecule has 0 radical (unpaired) electrons. The summed E-state index contributed by atoms with van der Waals surface area (Å²) in [5, 5.41) is 0. The first kappa shape index (κ1) is 24.1. The second-order valence-electron chi connectivity index (χ2n) is 9.33. The molecular formula is C28H34N6O2. The number of hydrogen-bond acceptors (Lipinski definition) is 7. The second-order valence-corrected chi connectivity index (χ2v) is 9.33. The highest BCUT2D eigenvalue weighted by Gasteiger charge is 2.18. The van der Waals surface area contributed by atoms with Gasteiger partial charge in [0.15, 0.2) is 17.0 Å². The highest BCUT2D eigenvalue weighted by Crippen LogP contribution is 2.28. The Labute approximate surface area is 212 Å². The third kappa shape index (κ3) is 5.28. The largest absolute Gasteiger partial charge is 0.468 e. The monoisotopic (exact) mass is 486 g/mol. The van der Waals surface area contributed by atoms with E-state index in [1.165, 1.54) is 42.6 Å². The zero-order valence-corrected chi connectivity index (χ0v) is 21.1. The van der Waals surface area contributed by atoms with Crippen molar-refractivity contribution < 1.29 is 9.47 Å². The zero-order chi connectivity index (χ0) is 24.9. The van der Waals surface area contributed by atoms with Crippen molar-refractivity contribution >= 4 is 17.0 Å². The van der Waals surface area contributed by atoms with Crippen LogP contribution in [0.25, 0.3) is 22.3 Å². The van der Waals surface area contributed by atoms with Crippen molar-refractivity contribution in [2.24, 2.45) is 0 Å². The average Bonchev–Trinajstić information content (AvgIpc) is 3.53. The maximum Gasteiger partial charge on any atom is 0.320 e. The number of nitrogens with zero attached hydrogens (tertiary/aromatic N) is 5. The Bertz CT molecular complexity index is 1310. The molecule has 8 nitrogen and oxygen atoms in total. The molecule has 1 saturated heterocycles. The summed E-state index contributed by atoms with van der Waals surface area (Å²) in [5.41, 5.74) is 12.2. The van der Waals surface area contributed by atoms with E-state index in [1.54, 1.807) is 7.11 Å². The molecule has 2 aromatic carbocycles. The SMILES string of the molecule is CCCCOc1nc(N)c2nc(OC)n(Cc3ccc(-c4cccc(CN5CCCC5)c4)cc3)c2n1. The van der Waals surface area contributed by atoms with E-state index in [4.69, 9.17) is 15.2 Å². The van der Waals surface area contributed by atoms with Gasteiger partial charge in [-0.05, 0) is 60.7 Å². The van der Waals surface area contributed by atoms with Crippen LogP contribution < -0.4 is 15.2 Å². The molecule has 8 heteroatoms. The molecule has 0 saturated carbocycles. The molecule has 0 bridgehead atoms. The van der Waals surface area contributed by atoms with E-state index in [0.29, 0.717) is 30.3 Å². The molecule has 4 aromatic rings. The second kappa shape index (κ2) is 11.0. The Morgan fingerprint density at radius 2 is 1.72 bits per heavy atom. The number of hydrogen-bond donors (Lipinski definition) is 1. The number of imidazole rings is 1. The summed E-state index contributed by atoms with van der Waals surface area (Å²) in [6.45, 7) is 6.63. The van der Waals surface area contributed by atoms with Crippen LogP contribution in [0.4, 0.5) is 5.82 Å². The molecule has 0 unspecified atom stereocenters. The van der Waals surface area contributed by atoms with Crippen LogP contribution in [-0.2, 0) is 13.1 Å². The maximum absolute atomic E-state index is 6.17. The van der Waals surface area contributed by atoms with Crippen LogP contribution in [0.5, 0.6) is 12.0 Å². The van der Waals surface area contributed by atoms with Crippen LogP contribution in [-0.4, -0.2) is 51.2 Å². The Hall–Kier alpha value is -3.65. The standard InChI is InChI=1S/C28H34N6O2/c1-3-4-16-36-27-31-25(29)24-26(32-27)34(28(30-24)35-2)19-20-10-12-22(13-11-20)23-9-7-8-21(17-23)18-33-14-5-6-15-33/h7-13,17H,3-6,14-16,18-19H2,1-2H3,(H2,29,31,32). The van der Waals surface area contributed by atoms with E-state index < -0.39 is 0 Å². The quantitative estimate of drug-likeness (QED) is 0.319. The minimum atomic E-state index is 0.265. The lowest BCUT2D eigenvalue weighted by atomic mass is 10.0. The van der Waals surface area contributed by atoms with Gasteiger partial charge in [-0.2, -0.15) is 15.0 Å². The van der Waals surface area contributed by atoms with Crippen molar-refractivity contribution in [3.63, 3.8) is 0 Å². The summed E-state index contributed by atoms with van der Waals surface area (Å²) in [6.07, 6.45) is 4.58. The molecule has 36 heavy (non-hydrogen) atoms. The average molecular weight is 487 g/mol. The van der Waals surface area contributed by atoms with Crippen molar-refractivity contribution in [3.05, 3.63) is 59.7 Å². The topological polar surface area (TPSA) is 91.3 Å². The van der Waals surface area contributed by atoms with Crippen molar-refractivity contribution in [1.29, 1.82) is 0 Å². The van der Waals surface area contributed by atoms with Gasteiger partial charge in [0.2, 0.25) is 0 Å². The van der Waals surface area contributed by atoms with Crippen LogP contribution >= 0.6 is 0 Å².